The molecule has 19 heteroatoms. The number of phosphoric ester groups is 2. The van der Waals surface area contributed by atoms with Crippen LogP contribution in [0.3, 0.4) is 0 Å². The Morgan fingerprint density at radius 1 is 0.278 bits per heavy atom. The van der Waals surface area contributed by atoms with Gasteiger partial charge in [-0.25, -0.2) is 9.13 Å². The Kier molecular flexibility index (Phi) is 59.4. The van der Waals surface area contributed by atoms with Gasteiger partial charge in [0.2, 0.25) is 0 Å². The van der Waals surface area contributed by atoms with E-state index in [-0.39, 0.29) is 25.7 Å². The standard InChI is InChI=1S/C71H138O17P2/c1-61(2)47-39-31-23-15-11-9-13-17-27-35-43-51-68(73)81-57-66(87-70(75)53-45-37-29-18-14-10-12-16-24-32-40-48-62(3)4)59-85-89(77,78)83-55-65(72)56-84-90(79,80)86-60-67(88-71(76)54-46-38-30-22-20-26-34-42-50-64(7)8)58-82-69(74)52-44-36-28-21-19-25-33-41-49-63(5)6/h61-67,72H,9-60H2,1-8H3,(H,77,78)(H,79,80)/t65?,66-,67-/m1/s1. The van der Waals surface area contributed by atoms with E-state index in [4.69, 9.17) is 37.0 Å². The van der Waals surface area contributed by atoms with E-state index >= 15 is 0 Å². The molecule has 534 valence electrons. The van der Waals surface area contributed by atoms with Gasteiger partial charge in [0.15, 0.2) is 12.2 Å². The van der Waals surface area contributed by atoms with E-state index in [1.54, 1.807) is 0 Å². The van der Waals surface area contributed by atoms with Crippen LogP contribution in [0.4, 0.5) is 0 Å². The number of ether oxygens (including phenoxy) is 4. The average molecular weight is 1330 g/mol. The summed E-state index contributed by atoms with van der Waals surface area (Å²) < 4.78 is 68.3. The number of carbonyl (C=O) groups excluding carboxylic acids is 4. The van der Waals surface area contributed by atoms with Gasteiger partial charge >= 0.3 is 39.5 Å². The molecule has 0 aromatic heterocycles. The fourth-order valence-corrected chi connectivity index (χ4v) is 12.2. The summed E-state index contributed by atoms with van der Waals surface area (Å²) in [4.78, 5) is 72.6. The molecule has 3 unspecified atom stereocenters. The number of carbonyl (C=O) groups is 4. The van der Waals surface area contributed by atoms with Gasteiger partial charge in [0, 0.05) is 25.7 Å². The molecular formula is C71H138O17P2. The molecule has 0 rings (SSSR count). The lowest BCUT2D eigenvalue weighted by molar-refractivity contribution is -0.161. The Bertz CT molecular complexity index is 1780. The highest BCUT2D eigenvalue weighted by Gasteiger charge is 2.30. The summed E-state index contributed by atoms with van der Waals surface area (Å²) in [6, 6.07) is 0. The minimum Gasteiger partial charge on any atom is -0.462 e. The summed E-state index contributed by atoms with van der Waals surface area (Å²) in [5.74, 6) is 0.852. The zero-order chi connectivity index (χ0) is 66.8. The van der Waals surface area contributed by atoms with Crippen LogP contribution in [0.2, 0.25) is 0 Å². The number of rotatable bonds is 68. The second kappa shape index (κ2) is 60.7. The number of esters is 4. The quantitative estimate of drug-likeness (QED) is 0.0222. The maximum Gasteiger partial charge on any atom is 0.472 e. The average Bonchev–Trinajstić information content (AvgIpc) is 2.83. The van der Waals surface area contributed by atoms with Crippen molar-refractivity contribution in [2.24, 2.45) is 23.7 Å². The van der Waals surface area contributed by atoms with Crippen molar-refractivity contribution in [2.45, 2.75) is 369 Å². The molecule has 0 aliphatic rings. The molecule has 0 spiro atoms. The summed E-state index contributed by atoms with van der Waals surface area (Å²) in [7, 11) is -9.90. The molecule has 3 N–H and O–H groups in total. The maximum atomic E-state index is 13.0. The third-order valence-corrected chi connectivity index (χ3v) is 18.2. The molecule has 0 radical (unpaired) electrons. The van der Waals surface area contributed by atoms with Crippen molar-refractivity contribution in [1.29, 1.82) is 0 Å². The Hall–Kier alpha value is -1.94. The lowest BCUT2D eigenvalue weighted by Crippen LogP contribution is -2.30. The van der Waals surface area contributed by atoms with Crippen LogP contribution >= 0.6 is 15.6 Å². The zero-order valence-electron chi connectivity index (χ0n) is 58.8. The number of aliphatic hydroxyl groups is 1. The molecule has 17 nitrogen and oxygen atoms in total. The zero-order valence-corrected chi connectivity index (χ0v) is 60.6. The van der Waals surface area contributed by atoms with Crippen LogP contribution in [-0.4, -0.2) is 96.7 Å². The minimum atomic E-state index is -4.95. The first kappa shape index (κ1) is 88.1. The lowest BCUT2D eigenvalue weighted by atomic mass is 10.0. The van der Waals surface area contributed by atoms with Gasteiger partial charge in [-0.15, -0.1) is 0 Å². The highest BCUT2D eigenvalue weighted by Crippen LogP contribution is 2.45. The molecule has 0 saturated heterocycles. The van der Waals surface area contributed by atoms with Crippen molar-refractivity contribution >= 4 is 39.5 Å². The van der Waals surface area contributed by atoms with E-state index in [9.17, 15) is 43.2 Å². The predicted octanol–water partition coefficient (Wildman–Crippen LogP) is 20.1. The monoisotopic (exact) mass is 1320 g/mol. The Morgan fingerprint density at radius 2 is 0.467 bits per heavy atom. The summed E-state index contributed by atoms with van der Waals surface area (Å²) >= 11 is 0. The van der Waals surface area contributed by atoms with Gasteiger partial charge in [0.25, 0.3) is 0 Å². The van der Waals surface area contributed by atoms with Crippen LogP contribution in [0.25, 0.3) is 0 Å². The first-order chi connectivity index (χ1) is 43.1. The summed E-state index contributed by atoms with van der Waals surface area (Å²) in [6.45, 7) is 14.1. The largest absolute Gasteiger partial charge is 0.472 e. The number of unbranched alkanes of at least 4 members (excludes halogenated alkanes) is 34. The lowest BCUT2D eigenvalue weighted by Gasteiger charge is -2.21. The van der Waals surface area contributed by atoms with Crippen LogP contribution in [0.5, 0.6) is 0 Å². The molecule has 0 amide bonds. The van der Waals surface area contributed by atoms with E-state index in [2.05, 4.69) is 55.4 Å². The van der Waals surface area contributed by atoms with E-state index in [0.717, 1.165) is 114 Å². The Balaban J connectivity index is 5.26. The molecule has 90 heavy (non-hydrogen) atoms. The molecule has 0 heterocycles. The third-order valence-electron chi connectivity index (χ3n) is 16.3. The van der Waals surface area contributed by atoms with Crippen LogP contribution < -0.4 is 0 Å². The van der Waals surface area contributed by atoms with Crippen LogP contribution in [0.15, 0.2) is 0 Å². The normalized spacial score (nSPS) is 14.3. The van der Waals surface area contributed by atoms with Crippen LogP contribution in [0.1, 0.15) is 351 Å². The van der Waals surface area contributed by atoms with Gasteiger partial charge in [-0.2, -0.15) is 0 Å². The summed E-state index contributed by atoms with van der Waals surface area (Å²) in [5, 5.41) is 10.6. The van der Waals surface area contributed by atoms with Gasteiger partial charge in [-0.05, 0) is 49.4 Å². The van der Waals surface area contributed by atoms with Crippen molar-refractivity contribution < 1.29 is 80.2 Å². The molecule has 0 aliphatic carbocycles. The van der Waals surface area contributed by atoms with E-state index in [0.29, 0.717) is 25.7 Å². The van der Waals surface area contributed by atoms with Crippen molar-refractivity contribution in [3.8, 4) is 0 Å². The number of aliphatic hydroxyl groups excluding tert-OH is 1. The van der Waals surface area contributed by atoms with Crippen molar-refractivity contribution in [3.05, 3.63) is 0 Å². The maximum absolute atomic E-state index is 13.0. The molecule has 0 saturated carbocycles. The fourth-order valence-electron chi connectivity index (χ4n) is 10.7. The number of hydrogen-bond donors (Lipinski definition) is 3. The molecule has 0 fully saturated rings. The fraction of sp³-hybridized carbons (Fsp3) is 0.944. The molecule has 0 bridgehead atoms. The topological polar surface area (TPSA) is 237 Å². The van der Waals surface area contributed by atoms with Gasteiger partial charge in [0.1, 0.15) is 19.3 Å². The number of phosphoric acid groups is 2. The Labute approximate surface area is 549 Å². The van der Waals surface area contributed by atoms with Crippen molar-refractivity contribution in [2.75, 3.05) is 39.6 Å². The second-order valence-electron chi connectivity index (χ2n) is 27.5. The Morgan fingerprint density at radius 3 is 0.689 bits per heavy atom. The first-order valence-corrected chi connectivity index (χ1v) is 39.7. The molecule has 0 aliphatic heterocycles. The molecule has 0 aromatic carbocycles. The molecular weight excluding hydrogens is 1190 g/mol. The van der Waals surface area contributed by atoms with Crippen molar-refractivity contribution in [1.82, 2.24) is 0 Å². The second-order valence-corrected chi connectivity index (χ2v) is 30.4. The van der Waals surface area contributed by atoms with E-state index < -0.39 is 97.5 Å². The van der Waals surface area contributed by atoms with E-state index in [1.165, 1.54) is 154 Å². The van der Waals surface area contributed by atoms with Crippen LogP contribution in [-0.2, 0) is 65.4 Å². The number of hydrogen-bond acceptors (Lipinski definition) is 15. The smallest absolute Gasteiger partial charge is 0.462 e. The molecule has 5 atom stereocenters. The highest BCUT2D eigenvalue weighted by atomic mass is 31.2. The summed E-state index contributed by atoms with van der Waals surface area (Å²) in [5.41, 5.74) is 0. The van der Waals surface area contributed by atoms with E-state index in [1.807, 2.05) is 0 Å². The summed E-state index contributed by atoms with van der Waals surface area (Å²) in [6.07, 6.45) is 43.1. The van der Waals surface area contributed by atoms with Gasteiger partial charge in [-0.3, -0.25) is 37.3 Å². The SMILES string of the molecule is CC(C)CCCCCCCCCCCCCC(=O)OC[C@H](COP(=O)(O)OCC(O)COP(=O)(O)OC[C@@H](COC(=O)CCCCCCCCCCC(C)C)OC(=O)CCCCCCCCCCC(C)C)OC(=O)CCCCCCCCCCCCCC(C)C. The highest BCUT2D eigenvalue weighted by molar-refractivity contribution is 7.47. The molecule has 0 aromatic rings. The van der Waals surface area contributed by atoms with Crippen LogP contribution in [0, 0.1) is 23.7 Å². The predicted molar refractivity (Wildman–Crippen MR) is 363 cm³/mol. The van der Waals surface area contributed by atoms with Gasteiger partial charge < -0.3 is 33.8 Å². The van der Waals surface area contributed by atoms with Gasteiger partial charge in [0.05, 0.1) is 26.4 Å². The van der Waals surface area contributed by atoms with Gasteiger partial charge in [-0.1, -0.05) is 299 Å². The van der Waals surface area contributed by atoms with Crippen molar-refractivity contribution in [3.63, 3.8) is 0 Å². The first-order valence-electron chi connectivity index (χ1n) is 36.7. The minimum absolute atomic E-state index is 0.103. The third kappa shape index (κ3) is 64.8.